The van der Waals surface area contributed by atoms with Crippen LogP contribution in [0.4, 0.5) is 0 Å². The Kier molecular flexibility index (Phi) is 7.50. The van der Waals surface area contributed by atoms with Crippen LogP contribution in [0.2, 0.25) is 0 Å². The molecule has 2 aromatic rings. The summed E-state index contributed by atoms with van der Waals surface area (Å²) in [5.41, 5.74) is 0. The predicted molar refractivity (Wildman–Crippen MR) is 164 cm³/mol. The number of likely N-dealkylation sites (tertiary alicyclic amines) is 2. The molecule has 0 spiro atoms. The average molecular weight is 603 g/mol. The van der Waals surface area contributed by atoms with E-state index in [9.17, 15) is 19.2 Å². The van der Waals surface area contributed by atoms with E-state index in [1.165, 1.54) is 0 Å². The SMILES string of the molecule is O=C1C2CCCCC2(Sc2ccccc2)C(=O)N1C1CCCCC1N1C(=O)C2CCCCC2(Sc2ccccc2)C1=O. The predicted octanol–water partition coefficient (Wildman–Crippen LogP) is 6.48. The summed E-state index contributed by atoms with van der Waals surface area (Å²) in [6.45, 7) is 0. The standard InChI is InChI=1S/C34H38N2O4S2/c37-29-25-17-9-11-21-33(25,41-23-13-3-1-4-14-23)31(39)35(29)27-19-7-8-20-28(27)36-30(38)26-18-10-12-22-34(26,32(36)40)42-24-15-5-2-6-16-24/h1-6,13-16,25-28H,7-12,17-22H2. The third kappa shape index (κ3) is 4.38. The molecule has 220 valence electrons. The van der Waals surface area contributed by atoms with Crippen LogP contribution in [0.3, 0.4) is 0 Å². The van der Waals surface area contributed by atoms with Crippen LogP contribution < -0.4 is 0 Å². The molecule has 8 heteroatoms. The van der Waals surface area contributed by atoms with Crippen LogP contribution >= 0.6 is 23.5 Å². The van der Waals surface area contributed by atoms with Gasteiger partial charge in [0.2, 0.25) is 23.6 Å². The fourth-order valence-electron chi connectivity index (χ4n) is 8.44. The smallest absolute Gasteiger partial charge is 0.246 e. The molecule has 0 aromatic heterocycles. The van der Waals surface area contributed by atoms with E-state index in [0.29, 0.717) is 38.5 Å². The molecule has 6 nitrogen and oxygen atoms in total. The number of carbonyl (C=O) groups is 4. The largest absolute Gasteiger partial charge is 0.276 e. The second-order valence-electron chi connectivity index (χ2n) is 12.7. The Hall–Kier alpha value is -2.58. The van der Waals surface area contributed by atoms with Gasteiger partial charge >= 0.3 is 0 Å². The first-order valence-electron chi connectivity index (χ1n) is 15.7. The van der Waals surface area contributed by atoms with Crippen LogP contribution in [0.5, 0.6) is 0 Å². The van der Waals surface area contributed by atoms with E-state index in [4.69, 9.17) is 0 Å². The van der Waals surface area contributed by atoms with Crippen molar-refractivity contribution in [2.45, 2.75) is 108 Å². The Morgan fingerprint density at radius 3 is 1.31 bits per heavy atom. The number of carbonyl (C=O) groups excluding carboxylic acids is 4. The first kappa shape index (κ1) is 28.2. The monoisotopic (exact) mass is 602 g/mol. The summed E-state index contributed by atoms with van der Waals surface area (Å²) in [5, 5.41) is 0. The highest BCUT2D eigenvalue weighted by atomic mass is 32.2. The molecule has 5 aliphatic rings. The van der Waals surface area contributed by atoms with Crippen LogP contribution in [-0.4, -0.2) is 55.0 Å². The maximum absolute atomic E-state index is 14.5. The van der Waals surface area contributed by atoms with Gasteiger partial charge in [-0.05, 0) is 62.8 Å². The summed E-state index contributed by atoms with van der Waals surface area (Å²) in [5.74, 6) is -1.12. The summed E-state index contributed by atoms with van der Waals surface area (Å²) in [7, 11) is 0. The van der Waals surface area contributed by atoms with Crippen molar-refractivity contribution in [3.8, 4) is 0 Å². The van der Waals surface area contributed by atoms with Gasteiger partial charge in [0.25, 0.3) is 0 Å². The second-order valence-corrected chi connectivity index (χ2v) is 15.5. The van der Waals surface area contributed by atoms with E-state index in [1.807, 2.05) is 60.7 Å². The number of rotatable bonds is 6. The maximum atomic E-state index is 14.5. The minimum Gasteiger partial charge on any atom is -0.276 e. The van der Waals surface area contributed by atoms with Crippen molar-refractivity contribution in [2.24, 2.45) is 11.8 Å². The molecule has 4 amide bonds. The van der Waals surface area contributed by atoms with Gasteiger partial charge in [0.1, 0.15) is 9.49 Å². The highest BCUT2D eigenvalue weighted by Crippen LogP contribution is 2.56. The molecule has 0 bridgehead atoms. The molecule has 3 saturated carbocycles. The topological polar surface area (TPSA) is 74.8 Å². The lowest BCUT2D eigenvalue weighted by atomic mass is 9.80. The first-order valence-corrected chi connectivity index (χ1v) is 17.3. The average Bonchev–Trinajstić information content (AvgIpc) is 3.37. The van der Waals surface area contributed by atoms with E-state index in [0.717, 1.165) is 48.3 Å². The zero-order valence-electron chi connectivity index (χ0n) is 23.9. The van der Waals surface area contributed by atoms with Gasteiger partial charge in [0.05, 0.1) is 23.9 Å². The van der Waals surface area contributed by atoms with Crippen molar-refractivity contribution >= 4 is 47.2 Å². The van der Waals surface area contributed by atoms with Gasteiger partial charge in [-0.3, -0.25) is 29.0 Å². The van der Waals surface area contributed by atoms with E-state index in [-0.39, 0.29) is 35.5 Å². The van der Waals surface area contributed by atoms with E-state index in [1.54, 1.807) is 33.3 Å². The number of hydrogen-bond donors (Lipinski definition) is 0. The Morgan fingerprint density at radius 2 is 0.905 bits per heavy atom. The van der Waals surface area contributed by atoms with Crippen molar-refractivity contribution < 1.29 is 19.2 Å². The number of fused-ring (bicyclic) bond motifs is 2. The minimum absolute atomic E-state index is 0.0927. The molecule has 2 aliphatic heterocycles. The lowest BCUT2D eigenvalue weighted by Crippen LogP contribution is -2.58. The fraction of sp³-hybridized carbons (Fsp3) is 0.529. The van der Waals surface area contributed by atoms with Crippen LogP contribution in [-0.2, 0) is 19.2 Å². The van der Waals surface area contributed by atoms with Gasteiger partial charge in [-0.1, -0.05) is 74.9 Å². The zero-order valence-corrected chi connectivity index (χ0v) is 25.5. The van der Waals surface area contributed by atoms with Gasteiger partial charge in [-0.15, -0.1) is 23.5 Å². The number of amides is 4. The molecule has 3 aliphatic carbocycles. The highest BCUT2D eigenvalue weighted by molar-refractivity contribution is 8.01. The van der Waals surface area contributed by atoms with E-state index < -0.39 is 21.6 Å². The maximum Gasteiger partial charge on any atom is 0.246 e. The molecular weight excluding hydrogens is 565 g/mol. The van der Waals surface area contributed by atoms with Crippen molar-refractivity contribution in [2.75, 3.05) is 0 Å². The van der Waals surface area contributed by atoms with E-state index >= 15 is 0 Å². The molecule has 2 saturated heterocycles. The molecule has 6 atom stereocenters. The molecule has 2 aromatic carbocycles. The normalized spacial score (nSPS) is 35.0. The molecule has 2 heterocycles. The summed E-state index contributed by atoms with van der Waals surface area (Å²) in [6.07, 6.45) is 9.52. The first-order chi connectivity index (χ1) is 20.5. The van der Waals surface area contributed by atoms with Crippen LogP contribution in [0.15, 0.2) is 70.5 Å². The van der Waals surface area contributed by atoms with Crippen LogP contribution in [0.1, 0.15) is 77.0 Å². The number of thioether (sulfide) groups is 2. The van der Waals surface area contributed by atoms with Crippen LogP contribution in [0.25, 0.3) is 0 Å². The molecule has 0 N–H and O–H groups in total. The summed E-state index contributed by atoms with van der Waals surface area (Å²) < 4.78 is -1.62. The lowest BCUT2D eigenvalue weighted by molar-refractivity contribution is -0.153. The van der Waals surface area contributed by atoms with Crippen molar-refractivity contribution in [1.29, 1.82) is 0 Å². The third-order valence-corrected chi connectivity index (χ3v) is 13.5. The number of imide groups is 2. The molecule has 6 unspecified atom stereocenters. The van der Waals surface area contributed by atoms with E-state index in [2.05, 4.69) is 0 Å². The van der Waals surface area contributed by atoms with Gasteiger partial charge in [0, 0.05) is 9.79 Å². The number of hydrogen-bond acceptors (Lipinski definition) is 6. The van der Waals surface area contributed by atoms with Gasteiger partial charge in [0.15, 0.2) is 0 Å². The summed E-state index contributed by atoms with van der Waals surface area (Å²) in [4.78, 5) is 62.6. The highest BCUT2D eigenvalue weighted by Gasteiger charge is 2.66. The van der Waals surface area contributed by atoms with Crippen LogP contribution in [0, 0.1) is 11.8 Å². The summed E-state index contributed by atoms with van der Waals surface area (Å²) in [6, 6.07) is 19.0. The molecule has 42 heavy (non-hydrogen) atoms. The number of benzene rings is 2. The quantitative estimate of drug-likeness (QED) is 0.353. The van der Waals surface area contributed by atoms with Crippen molar-refractivity contribution in [3.05, 3.63) is 60.7 Å². The summed E-state index contributed by atoms with van der Waals surface area (Å²) >= 11 is 3.10. The fourth-order valence-corrected chi connectivity index (χ4v) is 11.5. The van der Waals surface area contributed by atoms with Gasteiger partial charge in [-0.2, -0.15) is 0 Å². The van der Waals surface area contributed by atoms with Crippen molar-refractivity contribution in [3.63, 3.8) is 0 Å². The third-order valence-electron chi connectivity index (χ3n) is 10.4. The zero-order chi connectivity index (χ0) is 28.9. The molecule has 0 radical (unpaired) electrons. The Balaban J connectivity index is 1.23. The van der Waals surface area contributed by atoms with Gasteiger partial charge in [-0.25, -0.2) is 0 Å². The Morgan fingerprint density at radius 1 is 0.524 bits per heavy atom. The molecule has 7 rings (SSSR count). The molecule has 5 fully saturated rings. The number of nitrogens with zero attached hydrogens (tertiary/aromatic N) is 2. The van der Waals surface area contributed by atoms with Gasteiger partial charge < -0.3 is 0 Å². The molecular formula is C34H38N2O4S2. The Bertz CT molecular complexity index is 1280. The minimum atomic E-state index is -0.809. The van der Waals surface area contributed by atoms with Crippen molar-refractivity contribution in [1.82, 2.24) is 9.80 Å². The lowest BCUT2D eigenvalue weighted by Gasteiger charge is -2.42. The Labute approximate surface area is 256 Å². The second kappa shape index (κ2) is 11.2.